The summed E-state index contributed by atoms with van der Waals surface area (Å²) in [6.45, 7) is 1.74. The smallest absolute Gasteiger partial charge is 0.152 e. The molecule has 0 N–H and O–H groups in total. The van der Waals surface area contributed by atoms with Crippen LogP contribution in [0.4, 0.5) is 0 Å². The van der Waals surface area contributed by atoms with E-state index in [1.165, 1.54) is 6.42 Å². The molecule has 0 bridgehead atoms. The van der Waals surface area contributed by atoms with Gasteiger partial charge in [-0.25, -0.2) is 8.42 Å². The lowest BCUT2D eigenvalue weighted by atomic mass is 10.0. The maximum Gasteiger partial charge on any atom is 0.152 e. The van der Waals surface area contributed by atoms with E-state index in [-0.39, 0.29) is 5.25 Å². The average molecular weight is 176 g/mol. The molecule has 1 rings (SSSR count). The summed E-state index contributed by atoms with van der Waals surface area (Å²) in [4.78, 5) is 0. The fraction of sp³-hybridized carbons (Fsp3) is 1.00. The Morgan fingerprint density at radius 2 is 1.73 bits per heavy atom. The van der Waals surface area contributed by atoms with Crippen LogP contribution in [0.15, 0.2) is 0 Å². The van der Waals surface area contributed by atoms with Gasteiger partial charge in [0, 0.05) is 5.75 Å². The Balaban J connectivity index is 2.58. The fourth-order valence-electron chi connectivity index (χ4n) is 1.66. The first-order valence-corrected chi connectivity index (χ1v) is 6.10. The van der Waals surface area contributed by atoms with E-state index in [0.29, 0.717) is 5.75 Å². The van der Waals surface area contributed by atoms with E-state index in [0.717, 1.165) is 25.7 Å². The van der Waals surface area contributed by atoms with E-state index in [9.17, 15) is 8.42 Å². The van der Waals surface area contributed by atoms with Gasteiger partial charge in [-0.1, -0.05) is 26.2 Å². The van der Waals surface area contributed by atoms with Crippen LogP contribution < -0.4 is 0 Å². The topological polar surface area (TPSA) is 34.1 Å². The molecule has 1 aliphatic carbocycles. The first-order valence-electron chi connectivity index (χ1n) is 4.38. The standard InChI is InChI=1S/C8H16O2S/c1-2-11(9,10)8-6-4-3-5-7-8/h8H,2-7H2,1H3. The highest BCUT2D eigenvalue weighted by Gasteiger charge is 2.24. The van der Waals surface area contributed by atoms with Crippen LogP contribution >= 0.6 is 0 Å². The molecule has 0 aromatic heterocycles. The number of hydrogen-bond donors (Lipinski definition) is 0. The molecule has 0 heterocycles. The largest absolute Gasteiger partial charge is 0.229 e. The summed E-state index contributed by atoms with van der Waals surface area (Å²) >= 11 is 0. The molecule has 0 aromatic rings. The molecule has 0 spiro atoms. The van der Waals surface area contributed by atoms with Crippen LogP contribution in [-0.4, -0.2) is 19.4 Å². The molecule has 0 atom stereocenters. The highest BCUT2D eigenvalue weighted by Crippen LogP contribution is 2.23. The van der Waals surface area contributed by atoms with Crippen LogP contribution in [-0.2, 0) is 9.84 Å². The van der Waals surface area contributed by atoms with Crippen LogP contribution in [0.3, 0.4) is 0 Å². The molecular formula is C8H16O2S. The zero-order valence-electron chi connectivity index (χ0n) is 7.04. The van der Waals surface area contributed by atoms with E-state index in [1.54, 1.807) is 6.92 Å². The van der Waals surface area contributed by atoms with Gasteiger partial charge in [-0.15, -0.1) is 0 Å². The highest BCUT2D eigenvalue weighted by atomic mass is 32.2. The number of rotatable bonds is 2. The zero-order chi connectivity index (χ0) is 8.32. The van der Waals surface area contributed by atoms with Crippen molar-refractivity contribution in [2.75, 3.05) is 5.75 Å². The van der Waals surface area contributed by atoms with Gasteiger partial charge in [0.2, 0.25) is 0 Å². The van der Waals surface area contributed by atoms with Crippen LogP contribution in [0.25, 0.3) is 0 Å². The van der Waals surface area contributed by atoms with E-state index >= 15 is 0 Å². The summed E-state index contributed by atoms with van der Waals surface area (Å²) in [5.41, 5.74) is 0. The van der Waals surface area contributed by atoms with E-state index in [1.807, 2.05) is 0 Å². The van der Waals surface area contributed by atoms with Gasteiger partial charge >= 0.3 is 0 Å². The Kier molecular flexibility index (Phi) is 2.93. The van der Waals surface area contributed by atoms with Gasteiger partial charge in [-0.05, 0) is 12.8 Å². The molecule has 0 unspecified atom stereocenters. The lowest BCUT2D eigenvalue weighted by Crippen LogP contribution is -2.25. The second kappa shape index (κ2) is 3.57. The third kappa shape index (κ3) is 2.19. The molecule has 0 amide bonds. The van der Waals surface area contributed by atoms with Crippen molar-refractivity contribution >= 4 is 9.84 Å². The van der Waals surface area contributed by atoms with Gasteiger partial charge in [0.05, 0.1) is 5.25 Å². The zero-order valence-corrected chi connectivity index (χ0v) is 7.86. The summed E-state index contributed by atoms with van der Waals surface area (Å²) < 4.78 is 22.7. The normalized spacial score (nSPS) is 21.9. The van der Waals surface area contributed by atoms with Crippen LogP contribution in [0.5, 0.6) is 0 Å². The maximum absolute atomic E-state index is 11.4. The minimum atomic E-state index is -2.72. The molecule has 1 fully saturated rings. The monoisotopic (exact) mass is 176 g/mol. The molecular weight excluding hydrogens is 160 g/mol. The van der Waals surface area contributed by atoms with Crippen LogP contribution in [0.2, 0.25) is 0 Å². The molecule has 11 heavy (non-hydrogen) atoms. The fourth-order valence-corrected chi connectivity index (χ4v) is 3.18. The van der Waals surface area contributed by atoms with E-state index in [2.05, 4.69) is 0 Å². The van der Waals surface area contributed by atoms with Gasteiger partial charge in [0.1, 0.15) is 0 Å². The summed E-state index contributed by atoms with van der Waals surface area (Å²) in [6.07, 6.45) is 5.22. The van der Waals surface area contributed by atoms with Crippen molar-refractivity contribution < 1.29 is 8.42 Å². The van der Waals surface area contributed by atoms with Crippen LogP contribution in [0, 0.1) is 0 Å². The van der Waals surface area contributed by atoms with E-state index < -0.39 is 9.84 Å². The second-order valence-electron chi connectivity index (χ2n) is 3.21. The molecule has 0 aromatic carbocycles. The Hall–Kier alpha value is -0.0500. The Morgan fingerprint density at radius 1 is 1.18 bits per heavy atom. The van der Waals surface area contributed by atoms with Gasteiger partial charge in [0.15, 0.2) is 9.84 Å². The summed E-state index contributed by atoms with van der Waals surface area (Å²) in [6, 6.07) is 0. The minimum Gasteiger partial charge on any atom is -0.229 e. The molecule has 0 aliphatic heterocycles. The lowest BCUT2D eigenvalue weighted by molar-refractivity contribution is 0.484. The Labute approximate surface area is 68.9 Å². The quantitative estimate of drug-likeness (QED) is 0.642. The van der Waals surface area contributed by atoms with E-state index in [4.69, 9.17) is 0 Å². The van der Waals surface area contributed by atoms with Crippen molar-refractivity contribution in [2.45, 2.75) is 44.3 Å². The van der Waals surface area contributed by atoms with Crippen molar-refractivity contribution in [3.8, 4) is 0 Å². The molecule has 1 aliphatic rings. The molecule has 2 nitrogen and oxygen atoms in total. The molecule has 1 saturated carbocycles. The molecule has 0 saturated heterocycles. The second-order valence-corrected chi connectivity index (χ2v) is 5.78. The van der Waals surface area contributed by atoms with Crippen molar-refractivity contribution in [3.63, 3.8) is 0 Å². The van der Waals surface area contributed by atoms with Crippen molar-refractivity contribution in [1.82, 2.24) is 0 Å². The van der Waals surface area contributed by atoms with Gasteiger partial charge in [-0.3, -0.25) is 0 Å². The lowest BCUT2D eigenvalue weighted by Gasteiger charge is -2.20. The third-order valence-electron chi connectivity index (χ3n) is 2.46. The molecule has 0 radical (unpaired) electrons. The van der Waals surface area contributed by atoms with Crippen molar-refractivity contribution in [3.05, 3.63) is 0 Å². The minimum absolute atomic E-state index is 0.0127. The maximum atomic E-state index is 11.4. The van der Waals surface area contributed by atoms with Crippen LogP contribution in [0.1, 0.15) is 39.0 Å². The third-order valence-corrected chi connectivity index (χ3v) is 4.75. The van der Waals surface area contributed by atoms with Gasteiger partial charge in [-0.2, -0.15) is 0 Å². The van der Waals surface area contributed by atoms with Crippen molar-refractivity contribution in [2.24, 2.45) is 0 Å². The summed E-state index contributed by atoms with van der Waals surface area (Å²) in [5, 5.41) is -0.0127. The molecule has 3 heteroatoms. The number of sulfone groups is 1. The predicted molar refractivity (Wildman–Crippen MR) is 46.3 cm³/mol. The molecule has 66 valence electrons. The highest BCUT2D eigenvalue weighted by molar-refractivity contribution is 7.92. The predicted octanol–water partition coefficient (Wildman–Crippen LogP) is 1.75. The summed E-state index contributed by atoms with van der Waals surface area (Å²) in [5.74, 6) is 0.317. The average Bonchev–Trinajstić information content (AvgIpc) is 2.06. The Morgan fingerprint density at radius 3 is 2.18 bits per heavy atom. The van der Waals surface area contributed by atoms with Crippen molar-refractivity contribution in [1.29, 1.82) is 0 Å². The van der Waals surface area contributed by atoms with Gasteiger partial charge in [0.25, 0.3) is 0 Å². The van der Waals surface area contributed by atoms with Gasteiger partial charge < -0.3 is 0 Å². The SMILES string of the molecule is CCS(=O)(=O)C1CCCCC1. The Bertz CT molecular complexity index is 200. The first-order chi connectivity index (χ1) is 5.17. The number of hydrogen-bond acceptors (Lipinski definition) is 2. The summed E-state index contributed by atoms with van der Waals surface area (Å²) in [7, 11) is -2.72. The first kappa shape index (κ1) is 9.04.